The number of hydrogen-bond acceptors (Lipinski definition) is 3. The Morgan fingerprint density at radius 3 is 2.57 bits per heavy atom. The van der Waals surface area contributed by atoms with Gasteiger partial charge in [0.2, 0.25) is 5.91 Å². The molecule has 0 saturated carbocycles. The molecule has 4 aromatic rings. The number of H-pyrrole nitrogens is 1. The maximum atomic E-state index is 13.7. The number of nitrogens with one attached hydrogen (secondary N) is 2. The van der Waals surface area contributed by atoms with Gasteiger partial charge >= 0.3 is 0 Å². The first-order valence-corrected chi connectivity index (χ1v) is 10.2. The Bertz CT molecular complexity index is 1270. The van der Waals surface area contributed by atoms with E-state index in [1.165, 1.54) is 23.5 Å². The van der Waals surface area contributed by atoms with Gasteiger partial charge in [-0.3, -0.25) is 9.59 Å². The number of amides is 2. The summed E-state index contributed by atoms with van der Waals surface area (Å²) in [6.07, 6.45) is 0.0467. The Morgan fingerprint density at radius 2 is 1.87 bits per heavy atom. The van der Waals surface area contributed by atoms with Gasteiger partial charge in [0.25, 0.3) is 5.91 Å². The fourth-order valence-corrected chi connectivity index (χ4v) is 4.83. The highest BCUT2D eigenvalue weighted by molar-refractivity contribution is 7.17. The molecule has 2 amide bonds. The second-order valence-electron chi connectivity index (χ2n) is 7.11. The van der Waals surface area contributed by atoms with Crippen LogP contribution < -0.4 is 11.1 Å². The van der Waals surface area contributed by atoms with Crippen LogP contribution in [0.2, 0.25) is 0 Å². The van der Waals surface area contributed by atoms with E-state index < -0.39 is 5.91 Å². The van der Waals surface area contributed by atoms with E-state index >= 15 is 0 Å². The molecule has 30 heavy (non-hydrogen) atoms. The van der Waals surface area contributed by atoms with Gasteiger partial charge in [-0.15, -0.1) is 11.3 Å². The third-order valence-electron chi connectivity index (χ3n) is 5.06. The summed E-state index contributed by atoms with van der Waals surface area (Å²) in [7, 11) is 0. The number of thiophene rings is 1. The number of carbonyl (C=O) groups is 2. The smallest absolute Gasteiger partial charge is 0.252 e. The molecule has 2 heterocycles. The second kappa shape index (κ2) is 7.76. The number of aromatic amines is 1. The fourth-order valence-electron chi connectivity index (χ4n) is 3.73. The van der Waals surface area contributed by atoms with Crippen LogP contribution in [0.5, 0.6) is 0 Å². The van der Waals surface area contributed by atoms with Gasteiger partial charge in [-0.05, 0) is 43.2 Å². The van der Waals surface area contributed by atoms with Gasteiger partial charge in [0.15, 0.2) is 0 Å². The molecule has 152 valence electrons. The molecular weight excluding hydrogens is 401 g/mol. The molecule has 0 unspecified atom stereocenters. The van der Waals surface area contributed by atoms with Crippen LogP contribution in [-0.2, 0) is 11.2 Å². The van der Waals surface area contributed by atoms with Crippen molar-refractivity contribution in [3.05, 3.63) is 76.0 Å². The molecule has 7 heteroatoms. The first kappa shape index (κ1) is 19.8. The minimum Gasteiger partial charge on any atom is -0.365 e. The molecule has 0 spiro atoms. The van der Waals surface area contributed by atoms with Crippen LogP contribution in [-0.4, -0.2) is 16.8 Å². The highest BCUT2D eigenvalue weighted by atomic mass is 32.1. The van der Waals surface area contributed by atoms with E-state index in [-0.39, 0.29) is 18.1 Å². The van der Waals surface area contributed by atoms with Gasteiger partial charge in [0.1, 0.15) is 10.8 Å². The van der Waals surface area contributed by atoms with Gasteiger partial charge in [0.05, 0.1) is 12.0 Å². The molecule has 0 bridgehead atoms. The molecule has 5 nitrogen and oxygen atoms in total. The quantitative estimate of drug-likeness (QED) is 0.426. The monoisotopic (exact) mass is 421 g/mol. The molecule has 0 saturated heterocycles. The molecule has 4 rings (SSSR count). The number of benzene rings is 2. The average Bonchev–Trinajstić information content (AvgIpc) is 3.19. The van der Waals surface area contributed by atoms with Crippen molar-refractivity contribution < 1.29 is 14.0 Å². The largest absolute Gasteiger partial charge is 0.365 e. The number of hydrogen-bond donors (Lipinski definition) is 3. The third kappa shape index (κ3) is 3.59. The van der Waals surface area contributed by atoms with Crippen LogP contribution in [0.1, 0.15) is 26.5 Å². The van der Waals surface area contributed by atoms with Gasteiger partial charge < -0.3 is 16.0 Å². The number of aromatic nitrogens is 1. The number of rotatable bonds is 5. The molecular formula is C23H20FN3O2S. The summed E-state index contributed by atoms with van der Waals surface area (Å²) in [4.78, 5) is 29.1. The Labute approximate surface area is 176 Å². The predicted molar refractivity (Wildman–Crippen MR) is 118 cm³/mol. The lowest BCUT2D eigenvalue weighted by atomic mass is 10.0. The van der Waals surface area contributed by atoms with Crippen molar-refractivity contribution in [1.82, 2.24) is 4.98 Å². The lowest BCUT2D eigenvalue weighted by molar-refractivity contribution is -0.115. The van der Waals surface area contributed by atoms with E-state index in [0.29, 0.717) is 16.0 Å². The summed E-state index contributed by atoms with van der Waals surface area (Å²) in [5.41, 5.74) is 9.85. The molecule has 0 aliphatic carbocycles. The van der Waals surface area contributed by atoms with Crippen molar-refractivity contribution in [3.8, 4) is 11.1 Å². The van der Waals surface area contributed by atoms with Gasteiger partial charge in [-0.2, -0.15) is 0 Å². The summed E-state index contributed by atoms with van der Waals surface area (Å²) < 4.78 is 13.7. The number of nitrogens with two attached hydrogens (primary N) is 1. The zero-order valence-electron chi connectivity index (χ0n) is 16.5. The number of halogens is 1. The van der Waals surface area contributed by atoms with Crippen LogP contribution in [0.4, 0.5) is 9.39 Å². The summed E-state index contributed by atoms with van der Waals surface area (Å²) in [5.74, 6) is -1.26. The Hall–Kier alpha value is -3.45. The lowest BCUT2D eigenvalue weighted by Gasteiger charge is -2.07. The van der Waals surface area contributed by atoms with E-state index in [0.717, 1.165) is 32.8 Å². The van der Waals surface area contributed by atoms with Crippen molar-refractivity contribution in [2.75, 3.05) is 5.32 Å². The number of primary amides is 1. The number of carbonyl (C=O) groups excluding carboxylic acids is 2. The summed E-state index contributed by atoms with van der Waals surface area (Å²) in [5, 5.41) is 3.93. The first-order chi connectivity index (χ1) is 14.3. The van der Waals surface area contributed by atoms with Gasteiger partial charge in [-0.1, -0.05) is 30.3 Å². The highest BCUT2D eigenvalue weighted by Crippen LogP contribution is 2.39. The van der Waals surface area contributed by atoms with Crippen molar-refractivity contribution >= 4 is 39.1 Å². The Kier molecular flexibility index (Phi) is 5.13. The summed E-state index contributed by atoms with van der Waals surface area (Å²) >= 11 is 1.31. The summed E-state index contributed by atoms with van der Waals surface area (Å²) in [6, 6.07) is 13.9. The molecule has 0 aliphatic rings. The van der Waals surface area contributed by atoms with Gasteiger partial charge in [-0.25, -0.2) is 4.39 Å². The van der Waals surface area contributed by atoms with Crippen LogP contribution in [0, 0.1) is 19.7 Å². The fraction of sp³-hybridized carbons (Fsp3) is 0.130. The van der Waals surface area contributed by atoms with Crippen LogP contribution in [0.25, 0.3) is 22.0 Å². The van der Waals surface area contributed by atoms with E-state index in [2.05, 4.69) is 10.3 Å². The Balaban J connectivity index is 1.67. The van der Waals surface area contributed by atoms with E-state index in [1.54, 1.807) is 6.07 Å². The summed E-state index contributed by atoms with van der Waals surface area (Å²) in [6.45, 7) is 3.74. The van der Waals surface area contributed by atoms with E-state index in [4.69, 9.17) is 5.73 Å². The van der Waals surface area contributed by atoms with Crippen LogP contribution in [0.15, 0.2) is 48.5 Å². The minimum absolute atomic E-state index is 0.0467. The van der Waals surface area contributed by atoms with E-state index in [1.807, 2.05) is 44.2 Å². The maximum absolute atomic E-state index is 13.7. The second-order valence-corrected chi connectivity index (χ2v) is 8.34. The van der Waals surface area contributed by atoms with E-state index in [9.17, 15) is 14.0 Å². The molecule has 0 radical (unpaired) electrons. The van der Waals surface area contributed by atoms with Crippen molar-refractivity contribution in [2.24, 2.45) is 5.73 Å². The topological polar surface area (TPSA) is 88.0 Å². The van der Waals surface area contributed by atoms with Crippen LogP contribution >= 0.6 is 11.3 Å². The van der Waals surface area contributed by atoms with Crippen LogP contribution in [0.3, 0.4) is 0 Å². The SMILES string of the molecule is Cc1[nH]c2ccc(F)cc2c1CC(=O)Nc1sc(C)c(-c2ccccc2)c1C(N)=O. The molecule has 0 fully saturated rings. The zero-order chi connectivity index (χ0) is 21.4. The van der Waals surface area contributed by atoms with Crippen molar-refractivity contribution in [1.29, 1.82) is 0 Å². The minimum atomic E-state index is -0.598. The maximum Gasteiger partial charge on any atom is 0.252 e. The molecule has 0 aliphatic heterocycles. The number of anilines is 1. The molecule has 0 atom stereocenters. The molecule has 2 aromatic carbocycles. The third-order valence-corrected chi connectivity index (χ3v) is 6.09. The Morgan fingerprint density at radius 1 is 1.13 bits per heavy atom. The predicted octanol–water partition coefficient (Wildman–Crippen LogP) is 4.93. The van der Waals surface area contributed by atoms with Crippen molar-refractivity contribution in [2.45, 2.75) is 20.3 Å². The lowest BCUT2D eigenvalue weighted by Crippen LogP contribution is -2.18. The number of fused-ring (bicyclic) bond motifs is 1. The number of aryl methyl sites for hydroxylation is 2. The average molecular weight is 421 g/mol. The normalized spacial score (nSPS) is 11.0. The van der Waals surface area contributed by atoms with Crippen molar-refractivity contribution in [3.63, 3.8) is 0 Å². The molecule has 4 N–H and O–H groups in total. The molecule has 2 aromatic heterocycles. The highest BCUT2D eigenvalue weighted by Gasteiger charge is 2.23. The standard InChI is InChI=1S/C23H20FN3O2S/c1-12-16(17-10-15(24)8-9-18(17)26-12)11-19(28)27-23-21(22(25)29)20(13(2)30-23)14-6-4-3-5-7-14/h3-10,26H,11H2,1-2H3,(H2,25,29)(H,27,28). The first-order valence-electron chi connectivity index (χ1n) is 9.40. The van der Waals surface area contributed by atoms with Gasteiger partial charge in [0, 0.05) is 27.0 Å². The zero-order valence-corrected chi connectivity index (χ0v) is 17.3.